The van der Waals surface area contributed by atoms with Gasteiger partial charge in [-0.1, -0.05) is 13.3 Å². The summed E-state index contributed by atoms with van der Waals surface area (Å²) in [6, 6.07) is -0.447. The van der Waals surface area contributed by atoms with E-state index in [0.717, 1.165) is 12.8 Å². The molecule has 2 saturated heterocycles. The van der Waals surface area contributed by atoms with E-state index in [1.54, 1.807) is 4.90 Å². The van der Waals surface area contributed by atoms with Crippen LogP contribution in [0.1, 0.15) is 33.1 Å². The Bertz CT molecular complexity index is 367. The Morgan fingerprint density at radius 1 is 1.29 bits per heavy atom. The van der Waals surface area contributed by atoms with Gasteiger partial charge >= 0.3 is 0 Å². The van der Waals surface area contributed by atoms with Gasteiger partial charge in [0.2, 0.25) is 11.8 Å². The van der Waals surface area contributed by atoms with Crippen molar-refractivity contribution in [1.82, 2.24) is 9.80 Å². The minimum Gasteiger partial charge on any atom is -0.329 e. The van der Waals surface area contributed by atoms with Crippen LogP contribution in [0.3, 0.4) is 0 Å². The third-order valence-electron chi connectivity index (χ3n) is 3.58. The lowest BCUT2D eigenvalue weighted by molar-refractivity contribution is -0.155. The fourth-order valence-corrected chi connectivity index (χ4v) is 2.63. The minimum absolute atomic E-state index is 0.0123. The van der Waals surface area contributed by atoms with Crippen LogP contribution in [0.5, 0.6) is 0 Å². The zero-order chi connectivity index (χ0) is 12.6. The Morgan fingerprint density at radius 2 is 2.00 bits per heavy atom. The van der Waals surface area contributed by atoms with Crippen LogP contribution in [0, 0.1) is 0 Å². The molecular formula is C12H18N2O3. The molecule has 2 rings (SSSR count). The first kappa shape index (κ1) is 12.1. The molecular weight excluding hydrogens is 220 g/mol. The fraction of sp³-hybridized carbons (Fsp3) is 0.750. The first-order chi connectivity index (χ1) is 8.04. The first-order valence-electron chi connectivity index (χ1n) is 6.16. The van der Waals surface area contributed by atoms with Crippen molar-refractivity contribution >= 4 is 17.6 Å². The molecule has 0 aliphatic carbocycles. The van der Waals surface area contributed by atoms with Crippen LogP contribution in [0.4, 0.5) is 0 Å². The van der Waals surface area contributed by atoms with Crippen LogP contribution in [0.15, 0.2) is 0 Å². The lowest BCUT2D eigenvalue weighted by Gasteiger charge is -2.39. The van der Waals surface area contributed by atoms with E-state index in [1.807, 2.05) is 6.92 Å². The number of piperazine rings is 1. The third kappa shape index (κ3) is 2.06. The molecule has 0 aromatic carbocycles. The van der Waals surface area contributed by atoms with Crippen LogP contribution < -0.4 is 0 Å². The molecule has 0 aromatic rings. The molecule has 2 heterocycles. The number of ketones is 1. The van der Waals surface area contributed by atoms with Crippen LogP contribution >= 0.6 is 0 Å². The van der Waals surface area contributed by atoms with Crippen LogP contribution in [-0.2, 0) is 14.4 Å². The van der Waals surface area contributed by atoms with Gasteiger partial charge < -0.3 is 9.80 Å². The summed E-state index contributed by atoms with van der Waals surface area (Å²) in [5, 5.41) is 0. The summed E-state index contributed by atoms with van der Waals surface area (Å²) in [7, 11) is 0. The predicted octanol–water partition coefficient (Wildman–Crippen LogP) is 0.187. The Hall–Kier alpha value is -1.39. The molecule has 0 bridgehead atoms. The number of hydrogen-bond donors (Lipinski definition) is 0. The van der Waals surface area contributed by atoms with E-state index in [4.69, 9.17) is 0 Å². The average Bonchev–Trinajstić information content (AvgIpc) is 2.66. The summed E-state index contributed by atoms with van der Waals surface area (Å²) < 4.78 is 0. The molecule has 2 aliphatic rings. The topological polar surface area (TPSA) is 57.7 Å². The number of Topliss-reactive ketones (excluding diaryl/α,β-unsaturated/α-hetero) is 1. The second-order valence-corrected chi connectivity index (χ2v) is 4.88. The highest BCUT2D eigenvalue weighted by Gasteiger charge is 2.45. The number of hydrogen-bond acceptors (Lipinski definition) is 3. The SMILES string of the molecule is CCCC(C)N1CC(=O)N2CC(=O)C[C@@H]2C1=O. The standard InChI is InChI=1S/C12H18N2O3/c1-3-4-8(2)13-7-11(16)14-6-9(15)5-10(14)12(13)17/h8,10H,3-7H2,1-2H3/t8?,10-/m1/s1. The average molecular weight is 238 g/mol. The molecule has 0 aromatic heterocycles. The van der Waals surface area contributed by atoms with Crippen molar-refractivity contribution in [3.05, 3.63) is 0 Å². The maximum Gasteiger partial charge on any atom is 0.246 e. The normalized spacial score (nSPS) is 26.5. The molecule has 5 nitrogen and oxygen atoms in total. The zero-order valence-electron chi connectivity index (χ0n) is 10.3. The summed E-state index contributed by atoms with van der Waals surface area (Å²) >= 11 is 0. The Morgan fingerprint density at radius 3 is 2.65 bits per heavy atom. The first-order valence-corrected chi connectivity index (χ1v) is 6.16. The molecule has 2 amide bonds. The van der Waals surface area contributed by atoms with Gasteiger partial charge in [0.15, 0.2) is 5.78 Å². The number of carbonyl (C=O) groups excluding carboxylic acids is 3. The quantitative estimate of drug-likeness (QED) is 0.705. The molecule has 2 aliphatic heterocycles. The molecule has 2 atom stereocenters. The van der Waals surface area contributed by atoms with E-state index in [0.29, 0.717) is 0 Å². The molecule has 17 heavy (non-hydrogen) atoms. The van der Waals surface area contributed by atoms with Crippen molar-refractivity contribution in [2.75, 3.05) is 13.1 Å². The lowest BCUT2D eigenvalue weighted by Crippen LogP contribution is -2.59. The van der Waals surface area contributed by atoms with Gasteiger partial charge in [-0.05, 0) is 13.3 Å². The van der Waals surface area contributed by atoms with E-state index < -0.39 is 6.04 Å². The van der Waals surface area contributed by atoms with E-state index in [1.165, 1.54) is 4.90 Å². The number of rotatable bonds is 3. The van der Waals surface area contributed by atoms with Crippen molar-refractivity contribution < 1.29 is 14.4 Å². The highest BCUT2D eigenvalue weighted by molar-refractivity contribution is 6.03. The van der Waals surface area contributed by atoms with Crippen molar-refractivity contribution in [1.29, 1.82) is 0 Å². The molecule has 5 heteroatoms. The molecule has 0 N–H and O–H groups in total. The molecule has 0 saturated carbocycles. The Balaban J connectivity index is 2.15. The van der Waals surface area contributed by atoms with E-state index in [9.17, 15) is 14.4 Å². The lowest BCUT2D eigenvalue weighted by atomic mass is 10.1. The van der Waals surface area contributed by atoms with E-state index >= 15 is 0 Å². The molecule has 1 unspecified atom stereocenters. The van der Waals surface area contributed by atoms with Gasteiger partial charge in [0, 0.05) is 12.5 Å². The number of carbonyl (C=O) groups is 3. The van der Waals surface area contributed by atoms with Crippen LogP contribution in [-0.4, -0.2) is 52.6 Å². The summed E-state index contributed by atoms with van der Waals surface area (Å²) in [5.41, 5.74) is 0. The second-order valence-electron chi connectivity index (χ2n) is 4.88. The smallest absolute Gasteiger partial charge is 0.246 e. The number of fused-ring (bicyclic) bond motifs is 1. The highest BCUT2D eigenvalue weighted by atomic mass is 16.2. The second kappa shape index (κ2) is 4.47. The van der Waals surface area contributed by atoms with Crippen molar-refractivity contribution in [3.63, 3.8) is 0 Å². The maximum atomic E-state index is 12.2. The summed E-state index contributed by atoms with van der Waals surface area (Å²) in [6.45, 7) is 4.26. The third-order valence-corrected chi connectivity index (χ3v) is 3.58. The van der Waals surface area contributed by atoms with E-state index in [-0.39, 0.29) is 43.1 Å². The Kier molecular flexibility index (Phi) is 3.17. The summed E-state index contributed by atoms with van der Waals surface area (Å²) in [4.78, 5) is 38.5. The summed E-state index contributed by atoms with van der Waals surface area (Å²) in [6.07, 6.45) is 2.06. The van der Waals surface area contributed by atoms with Gasteiger partial charge in [-0.3, -0.25) is 14.4 Å². The van der Waals surface area contributed by atoms with Crippen molar-refractivity contribution in [2.24, 2.45) is 0 Å². The van der Waals surface area contributed by atoms with Crippen molar-refractivity contribution in [2.45, 2.75) is 45.2 Å². The molecule has 0 spiro atoms. The zero-order valence-corrected chi connectivity index (χ0v) is 10.3. The minimum atomic E-state index is -0.525. The van der Waals surface area contributed by atoms with Crippen LogP contribution in [0.2, 0.25) is 0 Å². The highest BCUT2D eigenvalue weighted by Crippen LogP contribution is 2.24. The van der Waals surface area contributed by atoms with Gasteiger partial charge in [0.25, 0.3) is 0 Å². The van der Waals surface area contributed by atoms with Gasteiger partial charge in [-0.25, -0.2) is 0 Å². The van der Waals surface area contributed by atoms with Gasteiger partial charge in [-0.15, -0.1) is 0 Å². The predicted molar refractivity (Wildman–Crippen MR) is 61.2 cm³/mol. The Labute approximate surface area is 101 Å². The van der Waals surface area contributed by atoms with Gasteiger partial charge in [0.05, 0.1) is 6.54 Å². The number of amides is 2. The van der Waals surface area contributed by atoms with E-state index in [2.05, 4.69) is 6.92 Å². The largest absolute Gasteiger partial charge is 0.329 e. The fourth-order valence-electron chi connectivity index (χ4n) is 2.63. The van der Waals surface area contributed by atoms with Crippen molar-refractivity contribution in [3.8, 4) is 0 Å². The van der Waals surface area contributed by atoms with Gasteiger partial charge in [0.1, 0.15) is 12.6 Å². The number of nitrogens with zero attached hydrogens (tertiary/aromatic N) is 2. The van der Waals surface area contributed by atoms with Gasteiger partial charge in [-0.2, -0.15) is 0 Å². The van der Waals surface area contributed by atoms with Crippen LogP contribution in [0.25, 0.3) is 0 Å². The molecule has 0 radical (unpaired) electrons. The monoisotopic (exact) mass is 238 g/mol. The molecule has 2 fully saturated rings. The summed E-state index contributed by atoms with van der Waals surface area (Å²) in [5.74, 6) is -0.165. The maximum absolute atomic E-state index is 12.2. The molecule has 94 valence electrons.